The van der Waals surface area contributed by atoms with Gasteiger partial charge >= 0.3 is 0 Å². The number of hydrogen-bond donors (Lipinski definition) is 1. The summed E-state index contributed by atoms with van der Waals surface area (Å²) in [6.45, 7) is 7.43. The fourth-order valence-corrected chi connectivity index (χ4v) is 3.14. The highest BCUT2D eigenvalue weighted by molar-refractivity contribution is 5.80. The van der Waals surface area contributed by atoms with E-state index < -0.39 is 5.60 Å². The molecule has 3 nitrogen and oxygen atoms in total. The Morgan fingerprint density at radius 2 is 2.00 bits per heavy atom. The number of aliphatic hydroxyl groups is 1. The van der Waals surface area contributed by atoms with Gasteiger partial charge in [-0.1, -0.05) is 20.3 Å². The number of carbonyl (C=O) groups is 1. The van der Waals surface area contributed by atoms with Gasteiger partial charge in [0.1, 0.15) is 0 Å². The molecule has 0 aromatic rings. The molecule has 2 fully saturated rings. The van der Waals surface area contributed by atoms with Crippen LogP contribution in [0.4, 0.5) is 0 Å². The molecular formula is C13H23NO2. The molecule has 16 heavy (non-hydrogen) atoms. The van der Waals surface area contributed by atoms with E-state index in [4.69, 9.17) is 0 Å². The second kappa shape index (κ2) is 3.73. The SMILES string of the molecule is CC1(O)CCN(C(=O)C2CCCC2(C)C)C1. The Morgan fingerprint density at radius 3 is 2.44 bits per heavy atom. The fraction of sp³-hybridized carbons (Fsp3) is 0.923. The van der Waals surface area contributed by atoms with Gasteiger partial charge in [-0.15, -0.1) is 0 Å². The van der Waals surface area contributed by atoms with E-state index in [-0.39, 0.29) is 17.2 Å². The zero-order chi connectivity index (χ0) is 12.0. The Morgan fingerprint density at radius 1 is 1.31 bits per heavy atom. The normalized spacial score (nSPS) is 38.0. The third kappa shape index (κ3) is 2.10. The number of carbonyl (C=O) groups excluding carboxylic acids is 1. The smallest absolute Gasteiger partial charge is 0.226 e. The van der Waals surface area contributed by atoms with Crippen molar-refractivity contribution in [2.24, 2.45) is 11.3 Å². The van der Waals surface area contributed by atoms with E-state index in [0.717, 1.165) is 25.8 Å². The molecule has 1 saturated heterocycles. The summed E-state index contributed by atoms with van der Waals surface area (Å²) in [6.07, 6.45) is 4.04. The van der Waals surface area contributed by atoms with Gasteiger partial charge in [-0.2, -0.15) is 0 Å². The van der Waals surface area contributed by atoms with Crippen LogP contribution in [0.15, 0.2) is 0 Å². The molecule has 92 valence electrons. The Balaban J connectivity index is 2.04. The lowest BCUT2D eigenvalue weighted by molar-refractivity contribution is -0.138. The van der Waals surface area contributed by atoms with Crippen LogP contribution in [0.25, 0.3) is 0 Å². The first-order valence-electron chi connectivity index (χ1n) is 6.33. The van der Waals surface area contributed by atoms with E-state index in [1.807, 2.05) is 11.8 Å². The molecule has 0 spiro atoms. The molecule has 3 heteroatoms. The van der Waals surface area contributed by atoms with E-state index in [9.17, 15) is 9.90 Å². The highest BCUT2D eigenvalue weighted by Gasteiger charge is 2.44. The molecule has 1 N–H and O–H groups in total. The highest BCUT2D eigenvalue weighted by atomic mass is 16.3. The third-order valence-corrected chi connectivity index (χ3v) is 4.32. The first-order valence-corrected chi connectivity index (χ1v) is 6.33. The van der Waals surface area contributed by atoms with Crippen LogP contribution in [-0.4, -0.2) is 34.6 Å². The molecule has 2 unspecified atom stereocenters. The fourth-order valence-electron chi connectivity index (χ4n) is 3.14. The molecule has 1 aliphatic carbocycles. The van der Waals surface area contributed by atoms with Crippen LogP contribution >= 0.6 is 0 Å². The Hall–Kier alpha value is -0.570. The maximum absolute atomic E-state index is 12.4. The third-order valence-electron chi connectivity index (χ3n) is 4.32. The molecule has 0 bridgehead atoms. The van der Waals surface area contributed by atoms with Crippen LogP contribution in [-0.2, 0) is 4.79 Å². The predicted octanol–water partition coefficient (Wildman–Crippen LogP) is 1.80. The summed E-state index contributed by atoms with van der Waals surface area (Å²) < 4.78 is 0. The monoisotopic (exact) mass is 225 g/mol. The first-order chi connectivity index (χ1) is 7.32. The van der Waals surface area contributed by atoms with Gasteiger partial charge in [-0.3, -0.25) is 4.79 Å². The average Bonchev–Trinajstić information content (AvgIpc) is 2.67. The van der Waals surface area contributed by atoms with Crippen molar-refractivity contribution in [2.75, 3.05) is 13.1 Å². The summed E-state index contributed by atoms with van der Waals surface area (Å²) in [5.41, 5.74) is -0.524. The van der Waals surface area contributed by atoms with Gasteiger partial charge in [-0.25, -0.2) is 0 Å². The number of amides is 1. The summed E-state index contributed by atoms with van der Waals surface area (Å²) in [4.78, 5) is 14.2. The van der Waals surface area contributed by atoms with Gasteiger partial charge in [0.15, 0.2) is 0 Å². The molecule has 1 amide bonds. The lowest BCUT2D eigenvalue weighted by atomic mass is 9.81. The molecule has 0 aromatic heterocycles. The van der Waals surface area contributed by atoms with Crippen molar-refractivity contribution in [3.63, 3.8) is 0 Å². The minimum absolute atomic E-state index is 0.144. The van der Waals surface area contributed by atoms with Crippen molar-refractivity contribution >= 4 is 5.91 Å². The van der Waals surface area contributed by atoms with Gasteiger partial charge in [0.05, 0.1) is 5.60 Å². The minimum atomic E-state index is -0.668. The van der Waals surface area contributed by atoms with Crippen LogP contribution in [0.2, 0.25) is 0 Å². The van der Waals surface area contributed by atoms with Crippen LogP contribution in [0.1, 0.15) is 46.5 Å². The van der Waals surface area contributed by atoms with Crippen molar-refractivity contribution in [1.82, 2.24) is 4.90 Å². The van der Waals surface area contributed by atoms with Crippen LogP contribution < -0.4 is 0 Å². The largest absolute Gasteiger partial charge is 0.388 e. The molecule has 0 aromatic carbocycles. The number of β-amino-alcohol motifs (C(OH)–C–C–N with tert-alkyl or cyclic N) is 1. The summed E-state index contributed by atoms with van der Waals surface area (Å²) >= 11 is 0. The van der Waals surface area contributed by atoms with Gasteiger partial charge in [0.2, 0.25) is 5.91 Å². The van der Waals surface area contributed by atoms with Gasteiger partial charge in [0.25, 0.3) is 0 Å². The second-order valence-corrected chi connectivity index (χ2v) is 6.44. The standard InChI is InChI=1S/C13H23NO2/c1-12(2)6-4-5-10(12)11(15)14-8-7-13(3,16)9-14/h10,16H,4-9H2,1-3H3. The lowest BCUT2D eigenvalue weighted by Gasteiger charge is -2.30. The van der Waals surface area contributed by atoms with Crippen LogP contribution in [0.5, 0.6) is 0 Å². The zero-order valence-electron chi connectivity index (χ0n) is 10.6. The minimum Gasteiger partial charge on any atom is -0.388 e. The Bertz CT molecular complexity index is 296. The predicted molar refractivity (Wildman–Crippen MR) is 62.9 cm³/mol. The second-order valence-electron chi connectivity index (χ2n) is 6.44. The van der Waals surface area contributed by atoms with Crippen molar-refractivity contribution in [1.29, 1.82) is 0 Å². The summed E-state index contributed by atoms with van der Waals surface area (Å²) in [5, 5.41) is 9.89. The zero-order valence-corrected chi connectivity index (χ0v) is 10.6. The number of rotatable bonds is 1. The lowest BCUT2D eigenvalue weighted by Crippen LogP contribution is -2.40. The van der Waals surface area contributed by atoms with E-state index >= 15 is 0 Å². The molecular weight excluding hydrogens is 202 g/mol. The van der Waals surface area contributed by atoms with E-state index in [1.165, 1.54) is 0 Å². The molecule has 1 heterocycles. The quantitative estimate of drug-likeness (QED) is 0.739. The van der Waals surface area contributed by atoms with Gasteiger partial charge in [0, 0.05) is 19.0 Å². The summed E-state index contributed by atoms with van der Waals surface area (Å²) in [5.74, 6) is 0.432. The van der Waals surface area contributed by atoms with Gasteiger partial charge < -0.3 is 10.0 Å². The topological polar surface area (TPSA) is 40.5 Å². The molecule has 2 aliphatic rings. The van der Waals surface area contributed by atoms with Crippen molar-refractivity contribution < 1.29 is 9.90 Å². The van der Waals surface area contributed by atoms with Gasteiger partial charge in [-0.05, 0) is 31.6 Å². The maximum Gasteiger partial charge on any atom is 0.226 e. The van der Waals surface area contributed by atoms with E-state index in [2.05, 4.69) is 13.8 Å². The first kappa shape index (κ1) is 11.9. The van der Waals surface area contributed by atoms with Crippen molar-refractivity contribution in [3.8, 4) is 0 Å². The molecule has 2 atom stereocenters. The maximum atomic E-state index is 12.4. The molecule has 1 saturated carbocycles. The Kier molecular flexibility index (Phi) is 2.77. The van der Waals surface area contributed by atoms with E-state index in [0.29, 0.717) is 13.0 Å². The molecule has 1 aliphatic heterocycles. The van der Waals surface area contributed by atoms with Crippen LogP contribution in [0, 0.1) is 11.3 Å². The highest BCUT2D eigenvalue weighted by Crippen LogP contribution is 2.44. The van der Waals surface area contributed by atoms with Crippen molar-refractivity contribution in [2.45, 2.75) is 52.1 Å². The summed E-state index contributed by atoms with van der Waals surface area (Å²) in [6, 6.07) is 0. The Labute approximate surface area is 97.8 Å². The van der Waals surface area contributed by atoms with Crippen molar-refractivity contribution in [3.05, 3.63) is 0 Å². The summed E-state index contributed by atoms with van der Waals surface area (Å²) in [7, 11) is 0. The number of likely N-dealkylation sites (tertiary alicyclic amines) is 1. The van der Waals surface area contributed by atoms with E-state index in [1.54, 1.807) is 0 Å². The number of hydrogen-bond acceptors (Lipinski definition) is 2. The molecule has 0 radical (unpaired) electrons. The van der Waals surface area contributed by atoms with Crippen LogP contribution in [0.3, 0.4) is 0 Å². The average molecular weight is 225 g/mol. The number of nitrogens with zero attached hydrogens (tertiary/aromatic N) is 1. The molecule has 2 rings (SSSR count).